The van der Waals surface area contributed by atoms with Crippen LogP contribution in [-0.2, 0) is 11.0 Å². The lowest BCUT2D eigenvalue weighted by Gasteiger charge is -2.29. The highest BCUT2D eigenvalue weighted by molar-refractivity contribution is 7.85. The number of thiophene rings is 1. The lowest BCUT2D eigenvalue weighted by atomic mass is 10.1. The summed E-state index contributed by atoms with van der Waals surface area (Å²) in [5.74, 6) is 0.826. The smallest absolute Gasteiger partial charge is 0.182 e. The van der Waals surface area contributed by atoms with E-state index >= 15 is 0 Å². The van der Waals surface area contributed by atoms with Crippen molar-refractivity contribution in [2.45, 2.75) is 48.8 Å². The highest BCUT2D eigenvalue weighted by Crippen LogP contribution is 2.33. The van der Waals surface area contributed by atoms with E-state index in [9.17, 15) is 4.21 Å². The predicted molar refractivity (Wildman–Crippen MR) is 117 cm³/mol. The molecule has 1 saturated heterocycles. The molecule has 2 aromatic rings. The second kappa shape index (κ2) is 9.87. The van der Waals surface area contributed by atoms with Crippen LogP contribution in [0.4, 0.5) is 5.69 Å². The van der Waals surface area contributed by atoms with Gasteiger partial charge in [0, 0.05) is 44.0 Å². The maximum Gasteiger partial charge on any atom is 0.182 e. The van der Waals surface area contributed by atoms with Gasteiger partial charge in [-0.25, -0.2) is 8.93 Å². The number of anilines is 1. The Morgan fingerprint density at radius 3 is 2.64 bits per heavy atom. The van der Waals surface area contributed by atoms with Crippen LogP contribution in [0.25, 0.3) is 0 Å². The maximum atomic E-state index is 12.7. The fourth-order valence-electron chi connectivity index (χ4n) is 3.85. The third kappa shape index (κ3) is 5.35. The molecule has 1 aliphatic heterocycles. The minimum atomic E-state index is -1.16. The first-order chi connectivity index (χ1) is 13.8. The fraction of sp³-hybridized carbons (Fsp3) is 0.524. The van der Waals surface area contributed by atoms with Crippen LogP contribution in [0, 0.1) is 0 Å². The number of ether oxygens (including phenoxy) is 1. The van der Waals surface area contributed by atoms with Crippen molar-refractivity contribution >= 4 is 28.0 Å². The van der Waals surface area contributed by atoms with Crippen molar-refractivity contribution in [2.75, 3.05) is 31.1 Å². The predicted octanol–water partition coefficient (Wildman–Crippen LogP) is 4.29. The van der Waals surface area contributed by atoms with E-state index in [-0.39, 0.29) is 0 Å². The van der Waals surface area contributed by atoms with E-state index in [0.717, 1.165) is 54.0 Å². The normalized spacial score (nSPS) is 19.9. The summed E-state index contributed by atoms with van der Waals surface area (Å²) in [6.07, 6.45) is 7.32. The molecule has 2 heterocycles. The molecule has 0 spiro atoms. The van der Waals surface area contributed by atoms with E-state index < -0.39 is 11.0 Å². The van der Waals surface area contributed by atoms with Gasteiger partial charge in [-0.1, -0.05) is 43.1 Å². The van der Waals surface area contributed by atoms with Crippen molar-refractivity contribution < 1.29 is 8.95 Å². The van der Waals surface area contributed by atoms with Crippen molar-refractivity contribution in [1.29, 1.82) is 0 Å². The molecule has 2 aliphatic rings. The molecule has 1 unspecified atom stereocenters. The van der Waals surface area contributed by atoms with Crippen LogP contribution in [0.15, 0.2) is 40.6 Å². The number of nitrogens with zero attached hydrogens (tertiary/aromatic N) is 1. The molecule has 2 fully saturated rings. The first-order valence-electron chi connectivity index (χ1n) is 10.3. The van der Waals surface area contributed by atoms with Crippen LogP contribution < -0.4 is 19.7 Å². The monoisotopic (exact) mass is 419 g/mol. The Labute approximate surface area is 174 Å². The molecule has 1 atom stereocenters. The molecule has 1 aromatic carbocycles. The maximum absolute atomic E-state index is 12.7. The minimum Gasteiger partial charge on any atom is -0.447 e. The van der Waals surface area contributed by atoms with Crippen molar-refractivity contribution in [3.05, 3.63) is 36.4 Å². The summed E-state index contributed by atoms with van der Waals surface area (Å²) in [5, 5.41) is 4.16. The molecule has 152 valence electrons. The van der Waals surface area contributed by atoms with Gasteiger partial charge < -0.3 is 15.0 Å². The van der Waals surface area contributed by atoms with E-state index in [1.54, 1.807) is 0 Å². The van der Waals surface area contributed by atoms with Crippen molar-refractivity contribution in [3.63, 3.8) is 0 Å². The van der Waals surface area contributed by atoms with Gasteiger partial charge in [0.15, 0.2) is 5.06 Å². The third-order valence-electron chi connectivity index (χ3n) is 5.39. The first-order valence-corrected chi connectivity index (χ1v) is 12.3. The third-order valence-corrected chi connectivity index (χ3v) is 7.90. The van der Waals surface area contributed by atoms with Crippen molar-refractivity contribution in [1.82, 2.24) is 10.0 Å². The van der Waals surface area contributed by atoms with Crippen molar-refractivity contribution in [2.24, 2.45) is 0 Å². The quantitative estimate of drug-likeness (QED) is 0.686. The van der Waals surface area contributed by atoms with E-state index in [2.05, 4.69) is 27.1 Å². The Morgan fingerprint density at radius 2 is 1.86 bits per heavy atom. The van der Waals surface area contributed by atoms with Gasteiger partial charge in [0.25, 0.3) is 0 Å². The Balaban J connectivity index is 1.37. The van der Waals surface area contributed by atoms with Crippen LogP contribution >= 0.6 is 11.3 Å². The second-order valence-electron chi connectivity index (χ2n) is 7.48. The lowest BCUT2D eigenvalue weighted by molar-refractivity contribution is 0.496. The summed E-state index contributed by atoms with van der Waals surface area (Å²) < 4.78 is 22.9. The Morgan fingerprint density at radius 1 is 1.07 bits per heavy atom. The number of benzene rings is 1. The van der Waals surface area contributed by atoms with Crippen LogP contribution in [0.2, 0.25) is 0 Å². The summed E-state index contributed by atoms with van der Waals surface area (Å²) in [6, 6.07) is 12.4. The van der Waals surface area contributed by atoms with Crippen LogP contribution in [0.3, 0.4) is 0 Å². The molecule has 2 N–H and O–H groups in total. The molecule has 1 aliphatic carbocycles. The van der Waals surface area contributed by atoms with Gasteiger partial charge in [-0.2, -0.15) is 0 Å². The Kier molecular flexibility index (Phi) is 7.01. The molecule has 0 radical (unpaired) electrons. The zero-order chi connectivity index (χ0) is 19.2. The van der Waals surface area contributed by atoms with Crippen LogP contribution in [-0.4, -0.2) is 36.4 Å². The Hall–Kier alpha value is -1.41. The molecule has 1 aromatic heterocycles. The topological polar surface area (TPSA) is 53.6 Å². The standard InChI is InChI=1S/C21H29N3O2S2/c25-28(23-17-6-3-1-2-4-7-17)21-11-10-20(27-21)26-19-9-5-8-18(16-19)24-14-12-22-13-15-24/h5,8-11,16-17,22-23H,1-4,6-7,12-15H2. The van der Waals surface area contributed by atoms with Crippen LogP contribution in [0.5, 0.6) is 10.8 Å². The lowest BCUT2D eigenvalue weighted by Crippen LogP contribution is -2.43. The van der Waals surface area contributed by atoms with Gasteiger partial charge in [0.1, 0.15) is 20.9 Å². The number of hydrogen-bond acceptors (Lipinski definition) is 5. The number of nitrogens with one attached hydrogen (secondary N) is 2. The van der Waals surface area contributed by atoms with Gasteiger partial charge in [-0.3, -0.25) is 0 Å². The van der Waals surface area contributed by atoms with Gasteiger partial charge in [-0.15, -0.1) is 0 Å². The molecular weight excluding hydrogens is 390 g/mol. The van der Waals surface area contributed by atoms with Crippen molar-refractivity contribution in [3.8, 4) is 10.8 Å². The highest BCUT2D eigenvalue weighted by Gasteiger charge is 2.17. The van der Waals surface area contributed by atoms with E-state index in [1.165, 1.54) is 42.7 Å². The number of rotatable bonds is 6. The zero-order valence-corrected chi connectivity index (χ0v) is 17.8. The average Bonchev–Trinajstić information content (AvgIpc) is 3.04. The summed E-state index contributed by atoms with van der Waals surface area (Å²) in [4.78, 5) is 2.37. The summed E-state index contributed by atoms with van der Waals surface area (Å²) in [6.45, 7) is 4.05. The van der Waals surface area contributed by atoms with Gasteiger partial charge in [0.2, 0.25) is 0 Å². The highest BCUT2D eigenvalue weighted by atomic mass is 32.2. The minimum absolute atomic E-state index is 0.366. The molecule has 5 nitrogen and oxygen atoms in total. The largest absolute Gasteiger partial charge is 0.447 e. The zero-order valence-electron chi connectivity index (χ0n) is 16.2. The average molecular weight is 420 g/mol. The van der Waals surface area contributed by atoms with E-state index in [1.807, 2.05) is 24.3 Å². The van der Waals surface area contributed by atoms with Gasteiger partial charge >= 0.3 is 0 Å². The van der Waals surface area contributed by atoms with Crippen LogP contribution in [0.1, 0.15) is 38.5 Å². The van der Waals surface area contributed by atoms with E-state index in [4.69, 9.17) is 4.74 Å². The summed E-state index contributed by atoms with van der Waals surface area (Å²) in [5.41, 5.74) is 1.19. The first kappa shape index (κ1) is 19.9. The summed E-state index contributed by atoms with van der Waals surface area (Å²) in [7, 11) is -1.16. The SMILES string of the molecule is O=S(NC1CCCCCC1)c1ccc(Oc2cccc(N3CCNCC3)c2)s1. The second-order valence-corrected chi connectivity index (χ2v) is 10.0. The molecule has 7 heteroatoms. The molecule has 1 saturated carbocycles. The molecular formula is C21H29N3O2S2. The number of hydrogen-bond donors (Lipinski definition) is 2. The molecule has 0 amide bonds. The molecule has 4 rings (SSSR count). The van der Waals surface area contributed by atoms with E-state index in [0.29, 0.717) is 6.04 Å². The number of piperazine rings is 1. The van der Waals surface area contributed by atoms with Gasteiger partial charge in [0.05, 0.1) is 0 Å². The summed E-state index contributed by atoms with van der Waals surface area (Å²) >= 11 is 1.46. The fourth-order valence-corrected chi connectivity index (χ4v) is 6.00. The molecule has 28 heavy (non-hydrogen) atoms. The Bertz CT molecular complexity index is 781. The van der Waals surface area contributed by atoms with Gasteiger partial charge in [-0.05, 0) is 37.1 Å². The molecule has 0 bridgehead atoms.